The summed E-state index contributed by atoms with van der Waals surface area (Å²) in [6.45, 7) is 15.9. The molecule has 1 aliphatic heterocycles. The van der Waals surface area contributed by atoms with Crippen LogP contribution in [0.5, 0.6) is 0 Å². The number of Topliss-reactive ketones (excluding diaryl/α,β-unsaturated/α-hetero) is 1. The highest BCUT2D eigenvalue weighted by molar-refractivity contribution is 6.12. The first-order chi connectivity index (χ1) is 14.6. The van der Waals surface area contributed by atoms with E-state index in [1.807, 2.05) is 20.8 Å². The van der Waals surface area contributed by atoms with Crippen molar-refractivity contribution in [2.45, 2.75) is 73.3 Å². The van der Waals surface area contributed by atoms with Gasteiger partial charge in [0.2, 0.25) is 0 Å². The van der Waals surface area contributed by atoms with Gasteiger partial charge in [-0.25, -0.2) is 4.79 Å². The SMILES string of the molecule is CCN(CC)c1ccc([C@@H]2C(C(=O)OC(C)C)=C(C)N=C3CC(C)(C)CC(=O)C32)cc1. The van der Waals surface area contributed by atoms with E-state index in [1.54, 1.807) is 0 Å². The zero-order valence-corrected chi connectivity index (χ0v) is 20.0. The number of aliphatic imine (C=N–C) groups is 1. The number of ether oxygens (including phenoxy) is 1. The van der Waals surface area contributed by atoms with Gasteiger partial charge in [0.1, 0.15) is 5.78 Å². The molecule has 0 bridgehead atoms. The smallest absolute Gasteiger partial charge is 0.336 e. The maximum atomic E-state index is 13.3. The van der Waals surface area contributed by atoms with Gasteiger partial charge in [-0.3, -0.25) is 9.79 Å². The van der Waals surface area contributed by atoms with Gasteiger partial charge >= 0.3 is 5.97 Å². The van der Waals surface area contributed by atoms with E-state index in [0.717, 1.165) is 36.5 Å². The molecular formula is C26H36N2O3. The van der Waals surface area contributed by atoms with Crippen LogP contribution in [-0.2, 0) is 14.3 Å². The maximum absolute atomic E-state index is 13.3. The largest absolute Gasteiger partial charge is 0.460 e. The zero-order valence-electron chi connectivity index (χ0n) is 20.0. The first-order valence-corrected chi connectivity index (χ1v) is 11.4. The number of benzene rings is 1. The molecule has 0 saturated heterocycles. The first-order valence-electron chi connectivity index (χ1n) is 11.4. The number of esters is 1. The Balaban J connectivity index is 2.10. The van der Waals surface area contributed by atoms with Gasteiger partial charge in [0.05, 0.1) is 17.6 Å². The Hall–Kier alpha value is -2.43. The van der Waals surface area contributed by atoms with Crippen molar-refractivity contribution in [3.63, 3.8) is 0 Å². The first kappa shape index (κ1) is 23.2. The lowest BCUT2D eigenvalue weighted by atomic mass is 9.63. The molecule has 1 aromatic rings. The lowest BCUT2D eigenvalue weighted by molar-refractivity contribution is -0.143. The number of hydrogen-bond donors (Lipinski definition) is 0. The van der Waals surface area contributed by atoms with E-state index in [0.29, 0.717) is 17.7 Å². The fourth-order valence-corrected chi connectivity index (χ4v) is 4.98. The van der Waals surface area contributed by atoms with Gasteiger partial charge in [-0.05, 0) is 64.2 Å². The molecule has 31 heavy (non-hydrogen) atoms. The highest BCUT2D eigenvalue weighted by Crippen LogP contribution is 2.47. The minimum Gasteiger partial charge on any atom is -0.460 e. The second-order valence-corrected chi connectivity index (χ2v) is 9.76. The van der Waals surface area contributed by atoms with Crippen molar-refractivity contribution < 1.29 is 14.3 Å². The van der Waals surface area contributed by atoms with E-state index in [1.165, 1.54) is 0 Å². The van der Waals surface area contributed by atoms with Crippen LogP contribution in [0.25, 0.3) is 0 Å². The molecule has 1 saturated carbocycles. The third kappa shape index (κ3) is 4.76. The third-order valence-corrected chi connectivity index (χ3v) is 6.31. The van der Waals surface area contributed by atoms with Gasteiger partial charge < -0.3 is 9.64 Å². The summed E-state index contributed by atoms with van der Waals surface area (Å²) in [6, 6.07) is 8.30. The lowest BCUT2D eigenvalue weighted by Gasteiger charge is -2.41. The minimum absolute atomic E-state index is 0.111. The van der Waals surface area contributed by atoms with E-state index < -0.39 is 5.92 Å². The van der Waals surface area contributed by atoms with Gasteiger partial charge in [-0.2, -0.15) is 0 Å². The van der Waals surface area contributed by atoms with Crippen LogP contribution >= 0.6 is 0 Å². The standard InChI is InChI=1S/C26H36N2O3/c1-8-28(9-2)19-12-10-18(11-13-19)23-22(25(30)31-16(3)4)17(5)27-20-14-26(6,7)15-21(29)24(20)23/h10-13,16,23-24H,8-9,14-15H2,1-7H3/t23-,24?/m1/s1. The van der Waals surface area contributed by atoms with Crippen molar-refractivity contribution in [2.75, 3.05) is 18.0 Å². The molecule has 5 heteroatoms. The topological polar surface area (TPSA) is 59.0 Å². The molecule has 0 N–H and O–H groups in total. The van der Waals surface area contributed by atoms with E-state index in [4.69, 9.17) is 9.73 Å². The van der Waals surface area contributed by atoms with Crippen LogP contribution in [0.15, 0.2) is 40.5 Å². The molecule has 2 atom stereocenters. The Bertz CT molecular complexity index is 905. The molecule has 1 fully saturated rings. The summed E-state index contributed by atoms with van der Waals surface area (Å²) in [4.78, 5) is 33.5. The number of ketones is 1. The van der Waals surface area contributed by atoms with Crippen molar-refractivity contribution in [1.82, 2.24) is 0 Å². The normalized spacial score (nSPS) is 22.8. The molecule has 1 unspecified atom stereocenters. The summed E-state index contributed by atoms with van der Waals surface area (Å²) in [5.41, 5.74) is 4.08. The van der Waals surface area contributed by atoms with Crippen LogP contribution in [0.4, 0.5) is 5.69 Å². The van der Waals surface area contributed by atoms with E-state index in [-0.39, 0.29) is 29.2 Å². The van der Waals surface area contributed by atoms with Crippen LogP contribution < -0.4 is 4.90 Å². The zero-order chi connectivity index (χ0) is 22.9. The Morgan fingerprint density at radius 1 is 1.13 bits per heavy atom. The summed E-state index contributed by atoms with van der Waals surface area (Å²) in [6.07, 6.45) is 1.03. The highest BCUT2D eigenvalue weighted by Gasteiger charge is 2.47. The van der Waals surface area contributed by atoms with E-state index in [2.05, 4.69) is 56.9 Å². The Labute approximate surface area is 186 Å². The molecule has 168 valence electrons. The summed E-state index contributed by atoms with van der Waals surface area (Å²) < 4.78 is 5.58. The molecule has 1 aromatic carbocycles. The number of anilines is 1. The van der Waals surface area contributed by atoms with Crippen molar-refractivity contribution in [2.24, 2.45) is 16.3 Å². The number of nitrogens with zero attached hydrogens (tertiary/aromatic N) is 2. The lowest BCUT2D eigenvalue weighted by Crippen LogP contribution is -2.44. The molecule has 0 amide bonds. The highest BCUT2D eigenvalue weighted by atomic mass is 16.5. The van der Waals surface area contributed by atoms with Crippen LogP contribution in [-0.4, -0.2) is 36.7 Å². The number of carbonyl (C=O) groups is 2. The molecule has 1 aliphatic carbocycles. The molecule has 5 nitrogen and oxygen atoms in total. The second kappa shape index (κ2) is 8.97. The molecule has 0 radical (unpaired) electrons. The van der Waals surface area contributed by atoms with Gasteiger partial charge in [-0.15, -0.1) is 0 Å². The predicted molar refractivity (Wildman–Crippen MR) is 126 cm³/mol. The van der Waals surface area contributed by atoms with Crippen LogP contribution in [0.2, 0.25) is 0 Å². The van der Waals surface area contributed by atoms with Crippen molar-refractivity contribution >= 4 is 23.2 Å². The van der Waals surface area contributed by atoms with Gasteiger partial charge in [0.15, 0.2) is 0 Å². The van der Waals surface area contributed by atoms with Crippen LogP contribution in [0.1, 0.15) is 72.8 Å². The fraction of sp³-hybridized carbons (Fsp3) is 0.577. The number of carbonyl (C=O) groups excluding carboxylic acids is 2. The van der Waals surface area contributed by atoms with E-state index >= 15 is 0 Å². The van der Waals surface area contributed by atoms with Gasteiger partial charge in [-0.1, -0.05) is 26.0 Å². The average molecular weight is 425 g/mol. The van der Waals surface area contributed by atoms with Crippen LogP contribution in [0, 0.1) is 11.3 Å². The number of rotatable bonds is 6. The summed E-state index contributed by atoms with van der Waals surface area (Å²) >= 11 is 0. The third-order valence-electron chi connectivity index (χ3n) is 6.31. The minimum atomic E-state index is -0.397. The van der Waals surface area contributed by atoms with E-state index in [9.17, 15) is 9.59 Å². The Morgan fingerprint density at radius 2 is 1.74 bits per heavy atom. The number of fused-ring (bicyclic) bond motifs is 1. The van der Waals surface area contributed by atoms with Gasteiger partial charge in [0, 0.05) is 42.5 Å². The number of allylic oxidation sites excluding steroid dienone is 1. The second-order valence-electron chi connectivity index (χ2n) is 9.76. The summed E-state index contributed by atoms with van der Waals surface area (Å²) in [7, 11) is 0. The maximum Gasteiger partial charge on any atom is 0.336 e. The number of hydrogen-bond acceptors (Lipinski definition) is 5. The quantitative estimate of drug-likeness (QED) is 0.581. The molecule has 0 spiro atoms. The van der Waals surface area contributed by atoms with Crippen molar-refractivity contribution in [3.8, 4) is 0 Å². The molecular weight excluding hydrogens is 388 g/mol. The Kier molecular flexibility index (Phi) is 6.73. The Morgan fingerprint density at radius 3 is 2.29 bits per heavy atom. The molecule has 0 aromatic heterocycles. The van der Waals surface area contributed by atoms with Crippen molar-refractivity contribution in [3.05, 3.63) is 41.1 Å². The molecule has 2 aliphatic rings. The van der Waals surface area contributed by atoms with Crippen molar-refractivity contribution in [1.29, 1.82) is 0 Å². The van der Waals surface area contributed by atoms with Crippen LogP contribution in [0.3, 0.4) is 0 Å². The van der Waals surface area contributed by atoms with Gasteiger partial charge in [0.25, 0.3) is 0 Å². The molecule has 3 rings (SSSR count). The molecule has 1 heterocycles. The average Bonchev–Trinajstić information content (AvgIpc) is 2.66. The summed E-state index contributed by atoms with van der Waals surface area (Å²) in [5, 5.41) is 0. The fourth-order valence-electron chi connectivity index (χ4n) is 4.98. The summed E-state index contributed by atoms with van der Waals surface area (Å²) in [5.74, 6) is -0.959. The predicted octanol–water partition coefficient (Wildman–Crippen LogP) is 5.30. The monoisotopic (exact) mass is 424 g/mol.